The van der Waals surface area contributed by atoms with E-state index in [0.717, 1.165) is 25.5 Å². The zero-order valence-electron chi connectivity index (χ0n) is 14.1. The van der Waals surface area contributed by atoms with Crippen molar-refractivity contribution in [1.82, 2.24) is 15.6 Å². The zero-order valence-corrected chi connectivity index (χ0v) is 14.9. The molecule has 0 unspecified atom stereocenters. The van der Waals surface area contributed by atoms with Gasteiger partial charge in [-0.3, -0.25) is 4.99 Å². The molecular formula is C16H30N4S. The summed E-state index contributed by atoms with van der Waals surface area (Å²) in [5.41, 5.74) is 0.436. The van der Waals surface area contributed by atoms with E-state index in [1.54, 1.807) is 11.3 Å². The summed E-state index contributed by atoms with van der Waals surface area (Å²) < 4.78 is 0. The van der Waals surface area contributed by atoms with Gasteiger partial charge in [-0.15, -0.1) is 11.3 Å². The molecule has 2 N–H and O–H groups in total. The normalized spacial score (nSPS) is 12.5. The minimum Gasteiger partial charge on any atom is -0.356 e. The van der Waals surface area contributed by atoms with Gasteiger partial charge in [-0.2, -0.15) is 0 Å². The molecule has 0 aromatic carbocycles. The predicted octanol–water partition coefficient (Wildman–Crippen LogP) is 3.38. The van der Waals surface area contributed by atoms with Crippen molar-refractivity contribution in [3.8, 4) is 0 Å². The van der Waals surface area contributed by atoms with Crippen LogP contribution in [0.15, 0.2) is 11.2 Å². The van der Waals surface area contributed by atoms with Crippen LogP contribution < -0.4 is 10.6 Å². The van der Waals surface area contributed by atoms with Gasteiger partial charge < -0.3 is 10.6 Å². The topological polar surface area (TPSA) is 49.3 Å². The molecule has 0 aliphatic heterocycles. The van der Waals surface area contributed by atoms with Crippen LogP contribution in [0.25, 0.3) is 0 Å². The number of thiazole rings is 1. The minimum absolute atomic E-state index is 0.436. The summed E-state index contributed by atoms with van der Waals surface area (Å²) >= 11 is 1.76. The standard InChI is InChI=1S/C16H30N4S/c1-13-12-20-14(21-13)8-11-19-15(17-5)18-10-7-6-9-16(2,3)4/h12H,6-11H2,1-5H3,(H2,17,18,19). The van der Waals surface area contributed by atoms with E-state index in [1.165, 1.54) is 29.1 Å². The molecule has 0 saturated carbocycles. The number of aryl methyl sites for hydroxylation is 1. The van der Waals surface area contributed by atoms with Crippen LogP contribution >= 0.6 is 11.3 Å². The third-order valence-corrected chi connectivity index (χ3v) is 4.14. The lowest BCUT2D eigenvalue weighted by atomic mass is 9.90. The van der Waals surface area contributed by atoms with E-state index in [9.17, 15) is 0 Å². The Morgan fingerprint density at radius 1 is 1.24 bits per heavy atom. The first-order valence-electron chi connectivity index (χ1n) is 7.76. The molecule has 0 spiro atoms. The molecule has 4 nitrogen and oxygen atoms in total. The molecule has 0 radical (unpaired) electrons. The second kappa shape index (κ2) is 9.03. The summed E-state index contributed by atoms with van der Waals surface area (Å²) in [7, 11) is 1.82. The minimum atomic E-state index is 0.436. The maximum absolute atomic E-state index is 4.37. The highest BCUT2D eigenvalue weighted by Crippen LogP contribution is 2.21. The molecule has 1 rings (SSSR count). The van der Waals surface area contributed by atoms with Crippen LogP contribution in [0.1, 0.15) is 49.9 Å². The Balaban J connectivity index is 2.12. The highest BCUT2D eigenvalue weighted by molar-refractivity contribution is 7.11. The van der Waals surface area contributed by atoms with Crippen molar-refractivity contribution in [3.05, 3.63) is 16.1 Å². The first-order valence-corrected chi connectivity index (χ1v) is 8.58. The highest BCUT2D eigenvalue weighted by Gasteiger charge is 2.08. The fourth-order valence-electron chi connectivity index (χ4n) is 2.01. The third-order valence-electron chi connectivity index (χ3n) is 3.17. The quantitative estimate of drug-likeness (QED) is 0.461. The van der Waals surface area contributed by atoms with Crippen molar-refractivity contribution in [2.24, 2.45) is 10.4 Å². The Bertz CT molecular complexity index is 432. The summed E-state index contributed by atoms with van der Waals surface area (Å²) in [6.07, 6.45) is 6.59. The number of aliphatic imine (C=N–C) groups is 1. The maximum atomic E-state index is 4.37. The second-order valence-corrected chi connectivity index (χ2v) is 7.88. The average molecular weight is 311 g/mol. The Labute approximate surface area is 133 Å². The maximum Gasteiger partial charge on any atom is 0.190 e. The second-order valence-electron chi connectivity index (χ2n) is 6.56. The van der Waals surface area contributed by atoms with E-state index in [2.05, 4.69) is 48.3 Å². The van der Waals surface area contributed by atoms with Gasteiger partial charge in [0.25, 0.3) is 0 Å². The lowest BCUT2D eigenvalue weighted by molar-refractivity contribution is 0.360. The Hall–Kier alpha value is -1.10. The number of nitrogens with zero attached hydrogens (tertiary/aromatic N) is 2. The van der Waals surface area contributed by atoms with E-state index in [1.807, 2.05) is 13.2 Å². The van der Waals surface area contributed by atoms with Crippen molar-refractivity contribution in [3.63, 3.8) is 0 Å². The fraction of sp³-hybridized carbons (Fsp3) is 0.750. The summed E-state index contributed by atoms with van der Waals surface area (Å²) in [5.74, 6) is 0.888. The Kier molecular flexibility index (Phi) is 7.72. The first-order chi connectivity index (χ1) is 9.90. The van der Waals surface area contributed by atoms with E-state index in [0.29, 0.717) is 5.41 Å². The fourth-order valence-corrected chi connectivity index (χ4v) is 2.80. The molecule has 0 bridgehead atoms. The van der Waals surface area contributed by atoms with Gasteiger partial charge >= 0.3 is 0 Å². The van der Waals surface area contributed by atoms with E-state index < -0.39 is 0 Å². The van der Waals surface area contributed by atoms with Gasteiger partial charge in [-0.25, -0.2) is 4.98 Å². The van der Waals surface area contributed by atoms with Crippen LogP contribution in [0, 0.1) is 12.3 Å². The summed E-state index contributed by atoms with van der Waals surface area (Å²) in [6, 6.07) is 0. The SMILES string of the molecule is CN=C(NCCCCC(C)(C)C)NCCc1ncc(C)s1. The van der Waals surface area contributed by atoms with E-state index >= 15 is 0 Å². The monoisotopic (exact) mass is 310 g/mol. The lowest BCUT2D eigenvalue weighted by Crippen LogP contribution is -2.38. The number of hydrogen-bond acceptors (Lipinski definition) is 3. The van der Waals surface area contributed by atoms with Crippen LogP contribution in [0.3, 0.4) is 0 Å². The molecule has 0 saturated heterocycles. The van der Waals surface area contributed by atoms with Gasteiger partial charge in [0.05, 0.1) is 5.01 Å². The van der Waals surface area contributed by atoms with Gasteiger partial charge in [0.15, 0.2) is 5.96 Å². The van der Waals surface area contributed by atoms with Crippen molar-refractivity contribution in [2.75, 3.05) is 20.1 Å². The number of aromatic nitrogens is 1. The van der Waals surface area contributed by atoms with E-state index in [4.69, 9.17) is 0 Å². The molecule has 0 aliphatic rings. The van der Waals surface area contributed by atoms with Gasteiger partial charge in [-0.1, -0.05) is 27.2 Å². The summed E-state index contributed by atoms with van der Waals surface area (Å²) in [6.45, 7) is 10.8. The van der Waals surface area contributed by atoms with Crippen LogP contribution in [0.4, 0.5) is 0 Å². The molecule has 0 fully saturated rings. The third kappa shape index (κ3) is 8.71. The van der Waals surface area contributed by atoms with Gasteiger partial charge in [-0.05, 0) is 25.2 Å². The molecule has 0 amide bonds. The molecule has 120 valence electrons. The zero-order chi connectivity index (χ0) is 15.7. The number of hydrogen-bond donors (Lipinski definition) is 2. The Morgan fingerprint density at radius 3 is 2.52 bits per heavy atom. The Morgan fingerprint density at radius 2 is 1.95 bits per heavy atom. The van der Waals surface area contributed by atoms with Gasteiger partial charge in [0.2, 0.25) is 0 Å². The lowest BCUT2D eigenvalue weighted by Gasteiger charge is -2.18. The smallest absolute Gasteiger partial charge is 0.190 e. The largest absolute Gasteiger partial charge is 0.356 e. The van der Waals surface area contributed by atoms with Crippen molar-refractivity contribution in [1.29, 1.82) is 0 Å². The molecule has 1 aromatic rings. The molecule has 0 aliphatic carbocycles. The molecule has 1 aromatic heterocycles. The van der Waals surface area contributed by atoms with Crippen LogP contribution in [0.5, 0.6) is 0 Å². The molecular weight excluding hydrogens is 280 g/mol. The summed E-state index contributed by atoms with van der Waals surface area (Å²) in [4.78, 5) is 9.88. The predicted molar refractivity (Wildman–Crippen MR) is 93.2 cm³/mol. The van der Waals surface area contributed by atoms with Crippen LogP contribution in [0.2, 0.25) is 0 Å². The van der Waals surface area contributed by atoms with Gasteiger partial charge in [0, 0.05) is 37.6 Å². The van der Waals surface area contributed by atoms with Crippen LogP contribution in [-0.4, -0.2) is 31.1 Å². The van der Waals surface area contributed by atoms with Crippen LogP contribution in [-0.2, 0) is 6.42 Å². The molecule has 5 heteroatoms. The average Bonchev–Trinajstić information content (AvgIpc) is 2.80. The number of nitrogens with one attached hydrogen (secondary N) is 2. The number of unbranched alkanes of at least 4 members (excludes halogenated alkanes) is 1. The molecule has 0 atom stereocenters. The van der Waals surface area contributed by atoms with Gasteiger partial charge in [0.1, 0.15) is 0 Å². The van der Waals surface area contributed by atoms with Crippen molar-refractivity contribution < 1.29 is 0 Å². The van der Waals surface area contributed by atoms with E-state index in [-0.39, 0.29) is 0 Å². The van der Waals surface area contributed by atoms with Crippen molar-refractivity contribution >= 4 is 17.3 Å². The number of rotatable bonds is 7. The summed E-state index contributed by atoms with van der Waals surface area (Å²) in [5, 5.41) is 7.89. The first kappa shape index (κ1) is 18.0. The molecule has 1 heterocycles. The highest BCUT2D eigenvalue weighted by atomic mass is 32.1. The van der Waals surface area contributed by atoms with Crippen molar-refractivity contribution in [2.45, 2.75) is 53.4 Å². The molecule has 21 heavy (non-hydrogen) atoms. The number of guanidine groups is 1.